The number of carbonyl (C=O) groups is 1. The van der Waals surface area contributed by atoms with Crippen LogP contribution in [0.15, 0.2) is 54.6 Å². The van der Waals surface area contributed by atoms with Gasteiger partial charge in [-0.1, -0.05) is 48.0 Å². The Labute approximate surface area is 117 Å². The highest BCUT2D eigenvalue weighted by molar-refractivity contribution is 6.30. The molecule has 0 aliphatic carbocycles. The molecule has 1 N–H and O–H groups in total. The standard InChI is InChI=1S/C15H14ClNO2/c1-19-15(18)14(11-6-3-2-4-7-11)17-13-9-5-8-12(16)10-13/h2-10,14,17H,1H3. The molecule has 0 aliphatic heterocycles. The molecule has 4 heteroatoms. The van der Waals surface area contributed by atoms with E-state index in [1.54, 1.807) is 12.1 Å². The Hall–Kier alpha value is -2.00. The highest BCUT2D eigenvalue weighted by Gasteiger charge is 2.20. The molecule has 2 rings (SSSR count). The molecule has 0 spiro atoms. The third-order valence-electron chi connectivity index (χ3n) is 2.71. The summed E-state index contributed by atoms with van der Waals surface area (Å²) in [4.78, 5) is 11.9. The monoisotopic (exact) mass is 275 g/mol. The van der Waals surface area contributed by atoms with Crippen LogP contribution < -0.4 is 5.32 Å². The normalized spacial score (nSPS) is 11.7. The van der Waals surface area contributed by atoms with Gasteiger partial charge in [0, 0.05) is 10.7 Å². The Bertz CT molecular complexity index is 557. The van der Waals surface area contributed by atoms with Gasteiger partial charge in [0.15, 0.2) is 6.04 Å². The van der Waals surface area contributed by atoms with Gasteiger partial charge in [0.05, 0.1) is 7.11 Å². The largest absolute Gasteiger partial charge is 0.467 e. The summed E-state index contributed by atoms with van der Waals surface area (Å²) in [6.07, 6.45) is 0. The summed E-state index contributed by atoms with van der Waals surface area (Å²) in [7, 11) is 1.37. The summed E-state index contributed by atoms with van der Waals surface area (Å²) in [5.74, 6) is -0.342. The Morgan fingerprint density at radius 2 is 1.89 bits per heavy atom. The average molecular weight is 276 g/mol. The fourth-order valence-corrected chi connectivity index (χ4v) is 1.98. The molecular weight excluding hydrogens is 262 g/mol. The first-order chi connectivity index (χ1) is 9.20. The van der Waals surface area contributed by atoms with Crippen molar-refractivity contribution in [2.24, 2.45) is 0 Å². The average Bonchev–Trinajstić information content (AvgIpc) is 2.45. The van der Waals surface area contributed by atoms with E-state index in [1.807, 2.05) is 42.5 Å². The number of carbonyl (C=O) groups excluding carboxylic acids is 1. The molecule has 98 valence electrons. The number of ether oxygens (including phenoxy) is 1. The van der Waals surface area contributed by atoms with E-state index < -0.39 is 6.04 Å². The Balaban J connectivity index is 2.27. The van der Waals surface area contributed by atoms with Crippen molar-refractivity contribution in [3.8, 4) is 0 Å². The molecule has 0 amide bonds. The fraction of sp³-hybridized carbons (Fsp3) is 0.133. The van der Waals surface area contributed by atoms with Gasteiger partial charge in [-0.3, -0.25) is 0 Å². The zero-order valence-corrected chi connectivity index (χ0v) is 11.2. The lowest BCUT2D eigenvalue weighted by atomic mass is 10.1. The maximum atomic E-state index is 11.9. The van der Waals surface area contributed by atoms with Crippen LogP contribution >= 0.6 is 11.6 Å². The minimum absolute atomic E-state index is 0.342. The number of halogens is 1. The van der Waals surface area contributed by atoms with Crippen molar-refractivity contribution in [1.82, 2.24) is 0 Å². The van der Waals surface area contributed by atoms with Crippen LogP contribution in [-0.2, 0) is 9.53 Å². The number of rotatable bonds is 4. The molecule has 0 bridgehead atoms. The summed E-state index contributed by atoms with van der Waals surface area (Å²) >= 11 is 5.93. The van der Waals surface area contributed by atoms with Gasteiger partial charge in [-0.25, -0.2) is 4.79 Å². The van der Waals surface area contributed by atoms with Crippen molar-refractivity contribution in [3.63, 3.8) is 0 Å². The smallest absolute Gasteiger partial charge is 0.332 e. The molecule has 0 saturated heterocycles. The van der Waals surface area contributed by atoms with Gasteiger partial charge < -0.3 is 10.1 Å². The number of nitrogens with one attached hydrogen (secondary N) is 1. The highest BCUT2D eigenvalue weighted by Crippen LogP contribution is 2.22. The predicted molar refractivity (Wildman–Crippen MR) is 76.3 cm³/mol. The summed E-state index contributed by atoms with van der Waals surface area (Å²) in [5.41, 5.74) is 1.61. The summed E-state index contributed by atoms with van der Waals surface area (Å²) in [6.45, 7) is 0. The number of anilines is 1. The lowest BCUT2D eigenvalue weighted by Crippen LogP contribution is -2.22. The van der Waals surface area contributed by atoms with E-state index in [0.29, 0.717) is 5.02 Å². The summed E-state index contributed by atoms with van der Waals surface area (Å²) in [6, 6.07) is 16.1. The molecule has 3 nitrogen and oxygen atoms in total. The third-order valence-corrected chi connectivity index (χ3v) is 2.94. The van der Waals surface area contributed by atoms with Crippen LogP contribution in [0.3, 0.4) is 0 Å². The van der Waals surface area contributed by atoms with Crippen LogP contribution in [0.5, 0.6) is 0 Å². The molecule has 0 radical (unpaired) electrons. The van der Waals surface area contributed by atoms with Gasteiger partial charge in [0.1, 0.15) is 0 Å². The summed E-state index contributed by atoms with van der Waals surface area (Å²) in [5, 5.41) is 3.74. The Kier molecular flexibility index (Phi) is 4.42. The molecule has 0 heterocycles. The first-order valence-corrected chi connectivity index (χ1v) is 6.23. The number of hydrogen-bond donors (Lipinski definition) is 1. The second-order valence-electron chi connectivity index (χ2n) is 4.02. The van der Waals surface area contributed by atoms with Crippen molar-refractivity contribution in [2.45, 2.75) is 6.04 Å². The van der Waals surface area contributed by atoms with Crippen molar-refractivity contribution >= 4 is 23.3 Å². The molecule has 0 aliphatic rings. The van der Waals surface area contributed by atoms with E-state index >= 15 is 0 Å². The molecule has 2 aromatic rings. The molecule has 0 aromatic heterocycles. The van der Waals surface area contributed by atoms with Crippen LogP contribution in [0, 0.1) is 0 Å². The van der Waals surface area contributed by atoms with Gasteiger partial charge in [-0.15, -0.1) is 0 Å². The van der Waals surface area contributed by atoms with Crippen molar-refractivity contribution in [1.29, 1.82) is 0 Å². The zero-order chi connectivity index (χ0) is 13.7. The maximum Gasteiger partial charge on any atom is 0.332 e. The fourth-order valence-electron chi connectivity index (χ4n) is 1.79. The number of methoxy groups -OCH3 is 1. The number of esters is 1. The minimum Gasteiger partial charge on any atom is -0.467 e. The molecule has 0 saturated carbocycles. The van der Waals surface area contributed by atoms with E-state index in [9.17, 15) is 4.79 Å². The SMILES string of the molecule is COC(=O)C(Nc1cccc(Cl)c1)c1ccccc1. The number of hydrogen-bond acceptors (Lipinski definition) is 3. The minimum atomic E-state index is -0.551. The van der Waals surface area contributed by atoms with Gasteiger partial charge in [-0.05, 0) is 23.8 Å². The third kappa shape index (κ3) is 3.48. The van der Waals surface area contributed by atoms with Gasteiger partial charge in [-0.2, -0.15) is 0 Å². The predicted octanol–water partition coefficient (Wildman–Crippen LogP) is 3.67. The van der Waals surface area contributed by atoms with Crippen LogP contribution in [-0.4, -0.2) is 13.1 Å². The van der Waals surface area contributed by atoms with Crippen LogP contribution in [0.25, 0.3) is 0 Å². The van der Waals surface area contributed by atoms with Gasteiger partial charge in [0.25, 0.3) is 0 Å². The molecule has 1 atom stereocenters. The Morgan fingerprint density at radius 1 is 1.16 bits per heavy atom. The van der Waals surface area contributed by atoms with Crippen molar-refractivity contribution in [3.05, 3.63) is 65.2 Å². The molecule has 2 aromatic carbocycles. The first-order valence-electron chi connectivity index (χ1n) is 5.85. The molecule has 19 heavy (non-hydrogen) atoms. The van der Waals surface area contributed by atoms with E-state index in [0.717, 1.165) is 11.3 Å². The van der Waals surface area contributed by atoms with Crippen molar-refractivity contribution < 1.29 is 9.53 Å². The molecular formula is C15H14ClNO2. The van der Waals surface area contributed by atoms with Crippen molar-refractivity contribution in [2.75, 3.05) is 12.4 Å². The Morgan fingerprint density at radius 3 is 2.53 bits per heavy atom. The van der Waals surface area contributed by atoms with E-state index in [4.69, 9.17) is 16.3 Å². The van der Waals surface area contributed by atoms with E-state index in [-0.39, 0.29) is 5.97 Å². The van der Waals surface area contributed by atoms with E-state index in [1.165, 1.54) is 7.11 Å². The van der Waals surface area contributed by atoms with E-state index in [2.05, 4.69) is 5.32 Å². The first kappa shape index (κ1) is 13.4. The molecule has 1 unspecified atom stereocenters. The quantitative estimate of drug-likeness (QED) is 0.866. The lowest BCUT2D eigenvalue weighted by molar-refractivity contribution is -0.141. The highest BCUT2D eigenvalue weighted by atomic mass is 35.5. The topological polar surface area (TPSA) is 38.3 Å². The lowest BCUT2D eigenvalue weighted by Gasteiger charge is -2.18. The zero-order valence-electron chi connectivity index (χ0n) is 10.5. The summed E-state index contributed by atoms with van der Waals surface area (Å²) < 4.78 is 4.83. The van der Waals surface area contributed by atoms with Crippen LogP contribution in [0.4, 0.5) is 5.69 Å². The maximum absolute atomic E-state index is 11.9. The second-order valence-corrected chi connectivity index (χ2v) is 4.46. The van der Waals surface area contributed by atoms with Gasteiger partial charge >= 0.3 is 5.97 Å². The second kappa shape index (κ2) is 6.25. The number of benzene rings is 2. The van der Waals surface area contributed by atoms with Gasteiger partial charge in [0.2, 0.25) is 0 Å². The van der Waals surface area contributed by atoms with Crippen LogP contribution in [0.2, 0.25) is 5.02 Å². The molecule has 0 fully saturated rings. The van der Waals surface area contributed by atoms with Crippen LogP contribution in [0.1, 0.15) is 11.6 Å².